The van der Waals surface area contributed by atoms with Gasteiger partial charge in [-0.05, 0) is 24.5 Å². The van der Waals surface area contributed by atoms with Crippen molar-refractivity contribution >= 4 is 5.82 Å². The molecule has 4 nitrogen and oxygen atoms in total. The fourth-order valence-electron chi connectivity index (χ4n) is 1.29. The van der Waals surface area contributed by atoms with Crippen LogP contribution in [0.25, 0.3) is 0 Å². The lowest BCUT2D eigenvalue weighted by Gasteiger charge is -2.08. The van der Waals surface area contributed by atoms with Gasteiger partial charge in [-0.2, -0.15) is 13.2 Å². The molecule has 0 radical (unpaired) electrons. The summed E-state index contributed by atoms with van der Waals surface area (Å²) in [5.74, 6) is 0.825. The highest BCUT2D eigenvalue weighted by Gasteiger charge is 2.32. The van der Waals surface area contributed by atoms with Crippen LogP contribution in [-0.2, 0) is 10.9 Å². The summed E-state index contributed by atoms with van der Waals surface area (Å²) in [6.07, 6.45) is -3.69. The summed E-state index contributed by atoms with van der Waals surface area (Å²) in [5.41, 5.74) is -0.988. The van der Waals surface area contributed by atoms with Crippen LogP contribution < -0.4 is 5.32 Å². The molecule has 0 aliphatic carbocycles. The number of hydrogen-bond acceptors (Lipinski definition) is 4. The first-order valence-corrected chi connectivity index (χ1v) is 6.12. The smallest absolute Gasteiger partial charge is 0.381 e. The molecule has 0 fully saturated rings. The lowest BCUT2D eigenvalue weighted by atomic mass is 10.2. The molecule has 0 aliphatic heterocycles. The van der Waals surface area contributed by atoms with Gasteiger partial charge in [-0.3, -0.25) is 0 Å². The Kier molecular flexibility index (Phi) is 6.01. The Morgan fingerprint density at radius 1 is 1.26 bits per heavy atom. The van der Waals surface area contributed by atoms with Gasteiger partial charge in [-0.25, -0.2) is 0 Å². The second-order valence-corrected chi connectivity index (χ2v) is 4.55. The van der Waals surface area contributed by atoms with E-state index < -0.39 is 11.9 Å². The Morgan fingerprint density at radius 2 is 2.00 bits per heavy atom. The number of anilines is 1. The molecule has 0 saturated heterocycles. The molecule has 19 heavy (non-hydrogen) atoms. The van der Waals surface area contributed by atoms with Gasteiger partial charge in [-0.1, -0.05) is 13.8 Å². The van der Waals surface area contributed by atoms with E-state index in [9.17, 15) is 13.2 Å². The molecule has 0 bridgehead atoms. The maximum Gasteiger partial charge on any atom is 0.435 e. The fourth-order valence-corrected chi connectivity index (χ4v) is 1.29. The van der Waals surface area contributed by atoms with Crippen molar-refractivity contribution in [2.45, 2.75) is 26.4 Å². The van der Waals surface area contributed by atoms with E-state index in [2.05, 4.69) is 29.4 Å². The van der Waals surface area contributed by atoms with E-state index in [-0.39, 0.29) is 0 Å². The molecule has 108 valence electrons. The largest absolute Gasteiger partial charge is 0.435 e. The van der Waals surface area contributed by atoms with Crippen LogP contribution in [0.15, 0.2) is 12.1 Å². The second kappa shape index (κ2) is 7.28. The maximum absolute atomic E-state index is 12.2. The molecule has 1 heterocycles. The molecule has 7 heteroatoms. The molecule has 0 saturated carbocycles. The molecule has 0 atom stereocenters. The van der Waals surface area contributed by atoms with E-state index in [1.54, 1.807) is 0 Å². The lowest BCUT2D eigenvalue weighted by Crippen LogP contribution is -2.12. The number of halogens is 3. The van der Waals surface area contributed by atoms with Crippen molar-refractivity contribution in [3.63, 3.8) is 0 Å². The number of ether oxygens (including phenoxy) is 1. The van der Waals surface area contributed by atoms with E-state index in [1.807, 2.05) is 0 Å². The molecule has 1 aromatic heterocycles. The van der Waals surface area contributed by atoms with Crippen LogP contribution >= 0.6 is 0 Å². The average Bonchev–Trinajstić information content (AvgIpc) is 2.32. The number of alkyl halides is 3. The molecule has 0 amide bonds. The first-order valence-electron chi connectivity index (χ1n) is 6.12. The quantitative estimate of drug-likeness (QED) is 0.778. The van der Waals surface area contributed by atoms with Crippen molar-refractivity contribution in [1.29, 1.82) is 0 Å². The van der Waals surface area contributed by atoms with Gasteiger partial charge in [0, 0.05) is 19.8 Å². The zero-order valence-electron chi connectivity index (χ0n) is 11.0. The highest BCUT2D eigenvalue weighted by atomic mass is 19.4. The third-order valence-electron chi connectivity index (χ3n) is 2.18. The maximum atomic E-state index is 12.2. The van der Waals surface area contributed by atoms with Crippen molar-refractivity contribution in [1.82, 2.24) is 10.2 Å². The highest BCUT2D eigenvalue weighted by Crippen LogP contribution is 2.26. The number of hydrogen-bond donors (Lipinski definition) is 1. The normalized spacial score (nSPS) is 11.9. The average molecular weight is 277 g/mol. The summed E-state index contributed by atoms with van der Waals surface area (Å²) in [4.78, 5) is 0. The first kappa shape index (κ1) is 15.7. The number of aromatic nitrogens is 2. The van der Waals surface area contributed by atoms with Crippen molar-refractivity contribution < 1.29 is 17.9 Å². The third-order valence-corrected chi connectivity index (χ3v) is 2.18. The van der Waals surface area contributed by atoms with Crippen molar-refractivity contribution in [3.8, 4) is 0 Å². The monoisotopic (exact) mass is 277 g/mol. The summed E-state index contributed by atoms with van der Waals surface area (Å²) in [6, 6.07) is 2.18. The molecular weight excluding hydrogens is 259 g/mol. The van der Waals surface area contributed by atoms with Gasteiger partial charge >= 0.3 is 6.18 Å². The van der Waals surface area contributed by atoms with E-state index in [4.69, 9.17) is 4.74 Å². The van der Waals surface area contributed by atoms with E-state index in [0.717, 1.165) is 12.5 Å². The van der Waals surface area contributed by atoms with E-state index >= 15 is 0 Å². The minimum atomic E-state index is -4.45. The lowest BCUT2D eigenvalue weighted by molar-refractivity contribution is -0.141. The van der Waals surface area contributed by atoms with Crippen molar-refractivity contribution in [2.24, 2.45) is 5.92 Å². The SMILES string of the molecule is CC(C)COCCCNc1ccc(C(F)(F)F)nn1. The predicted molar refractivity (Wildman–Crippen MR) is 65.8 cm³/mol. The summed E-state index contributed by atoms with van der Waals surface area (Å²) in [5, 5.41) is 9.48. The summed E-state index contributed by atoms with van der Waals surface area (Å²) < 4.78 is 42.1. The predicted octanol–water partition coefficient (Wildman–Crippen LogP) is 2.97. The van der Waals surface area contributed by atoms with Crippen LogP contribution in [0.2, 0.25) is 0 Å². The van der Waals surface area contributed by atoms with Crippen LogP contribution in [-0.4, -0.2) is 30.0 Å². The summed E-state index contributed by atoms with van der Waals surface area (Å²) >= 11 is 0. The molecule has 0 spiro atoms. The third kappa shape index (κ3) is 6.37. The van der Waals surface area contributed by atoms with E-state index in [1.165, 1.54) is 6.07 Å². The first-order chi connectivity index (χ1) is 8.89. The molecule has 1 rings (SSSR count). The van der Waals surface area contributed by atoms with Crippen LogP contribution in [0.5, 0.6) is 0 Å². The Balaban J connectivity index is 2.23. The number of rotatable bonds is 7. The minimum Gasteiger partial charge on any atom is -0.381 e. The van der Waals surface area contributed by atoms with Gasteiger partial charge in [0.25, 0.3) is 0 Å². The van der Waals surface area contributed by atoms with Gasteiger partial charge < -0.3 is 10.1 Å². The Hall–Kier alpha value is -1.37. The molecule has 1 N–H and O–H groups in total. The van der Waals surface area contributed by atoms with Gasteiger partial charge in [0.05, 0.1) is 0 Å². The molecule has 1 aromatic rings. The van der Waals surface area contributed by atoms with Crippen LogP contribution in [0.3, 0.4) is 0 Å². The Labute approximate surface area is 110 Å². The number of nitrogens with one attached hydrogen (secondary N) is 1. The second-order valence-electron chi connectivity index (χ2n) is 4.55. The topological polar surface area (TPSA) is 47.0 Å². The molecular formula is C12H18F3N3O. The van der Waals surface area contributed by atoms with Crippen LogP contribution in [0.4, 0.5) is 19.0 Å². The summed E-state index contributed by atoms with van der Waals surface area (Å²) in [7, 11) is 0. The fraction of sp³-hybridized carbons (Fsp3) is 0.667. The number of nitrogens with zero attached hydrogens (tertiary/aromatic N) is 2. The Morgan fingerprint density at radius 3 is 2.53 bits per heavy atom. The molecule has 0 aliphatic rings. The molecule has 0 unspecified atom stereocenters. The van der Waals surface area contributed by atoms with Crippen molar-refractivity contribution in [3.05, 3.63) is 17.8 Å². The zero-order chi connectivity index (χ0) is 14.3. The van der Waals surface area contributed by atoms with E-state index in [0.29, 0.717) is 31.5 Å². The Bertz CT molecular complexity index is 365. The van der Waals surface area contributed by atoms with Crippen molar-refractivity contribution in [2.75, 3.05) is 25.1 Å². The zero-order valence-corrected chi connectivity index (χ0v) is 11.0. The minimum absolute atomic E-state index is 0.330. The van der Waals surface area contributed by atoms with Gasteiger partial charge in [-0.15, -0.1) is 10.2 Å². The highest BCUT2D eigenvalue weighted by molar-refractivity contribution is 5.33. The van der Waals surface area contributed by atoms with Crippen LogP contribution in [0.1, 0.15) is 26.0 Å². The summed E-state index contributed by atoms with van der Waals surface area (Å²) in [6.45, 7) is 6.03. The van der Waals surface area contributed by atoms with Gasteiger partial charge in [0.1, 0.15) is 5.82 Å². The standard InChI is InChI=1S/C12H18F3N3O/c1-9(2)8-19-7-3-6-16-11-5-4-10(17-18-11)12(13,14)15/h4-5,9H,3,6-8H2,1-2H3,(H,16,18). The molecule has 0 aromatic carbocycles. The van der Waals surface area contributed by atoms with Gasteiger partial charge in [0.2, 0.25) is 0 Å². The van der Waals surface area contributed by atoms with Crippen LogP contribution in [0, 0.1) is 5.92 Å². The van der Waals surface area contributed by atoms with Gasteiger partial charge in [0.15, 0.2) is 5.69 Å².